The minimum Gasteiger partial charge on any atom is -0.346 e. The van der Waals surface area contributed by atoms with Gasteiger partial charge in [0.25, 0.3) is 0 Å². The molecular formula is C15H15N5O2. The number of aromatic nitrogens is 4. The van der Waals surface area contributed by atoms with E-state index in [-0.39, 0.29) is 11.8 Å². The van der Waals surface area contributed by atoms with Gasteiger partial charge in [-0.25, -0.2) is 4.98 Å². The van der Waals surface area contributed by atoms with Gasteiger partial charge in [-0.3, -0.25) is 4.79 Å². The molecular weight excluding hydrogens is 282 g/mol. The van der Waals surface area contributed by atoms with E-state index in [4.69, 9.17) is 4.52 Å². The first-order valence-corrected chi connectivity index (χ1v) is 7.18. The highest BCUT2D eigenvalue weighted by Crippen LogP contribution is 2.26. The molecule has 1 N–H and O–H groups in total. The van der Waals surface area contributed by atoms with Crippen molar-refractivity contribution < 1.29 is 9.32 Å². The normalized spacial score (nSPS) is 18.5. The number of hydrogen-bond acceptors (Lipinski definition) is 5. The second-order valence-corrected chi connectivity index (χ2v) is 5.61. The number of H-pyrrole nitrogens is 1. The van der Waals surface area contributed by atoms with Crippen LogP contribution in [0.1, 0.15) is 29.6 Å². The molecule has 1 unspecified atom stereocenters. The summed E-state index contributed by atoms with van der Waals surface area (Å²) in [7, 11) is 1.79. The molecule has 3 aromatic rings. The second kappa shape index (κ2) is 4.94. The van der Waals surface area contributed by atoms with Crippen LogP contribution in [0.25, 0.3) is 11.0 Å². The number of likely N-dealkylation sites (tertiary alicyclic amines) is 1. The van der Waals surface area contributed by atoms with Crippen molar-refractivity contribution in [1.82, 2.24) is 25.0 Å². The predicted octanol–water partition coefficient (Wildman–Crippen LogP) is 1.48. The second-order valence-electron chi connectivity index (χ2n) is 5.61. The molecule has 0 aromatic carbocycles. The lowest BCUT2D eigenvalue weighted by molar-refractivity contribution is -0.126. The molecule has 0 radical (unpaired) electrons. The maximum absolute atomic E-state index is 11.6. The number of carbonyl (C=O) groups excluding carboxylic acids is 1. The van der Waals surface area contributed by atoms with Crippen molar-refractivity contribution in [3.63, 3.8) is 0 Å². The molecule has 1 aliphatic heterocycles. The van der Waals surface area contributed by atoms with Gasteiger partial charge in [-0.05, 0) is 17.7 Å². The van der Waals surface area contributed by atoms with Gasteiger partial charge in [-0.2, -0.15) is 4.98 Å². The Morgan fingerprint density at radius 3 is 3.23 bits per heavy atom. The lowest BCUT2D eigenvalue weighted by atomic mass is 10.1. The smallest absolute Gasteiger partial charge is 0.232 e. The Morgan fingerprint density at radius 2 is 2.41 bits per heavy atom. The number of aromatic amines is 1. The lowest BCUT2D eigenvalue weighted by Crippen LogP contribution is -2.18. The van der Waals surface area contributed by atoms with Crippen LogP contribution in [0.5, 0.6) is 0 Å². The van der Waals surface area contributed by atoms with Crippen molar-refractivity contribution in [1.29, 1.82) is 0 Å². The SMILES string of the molecule is CN1CC(c2nc(Cc3c[nH]c4ncccc34)no2)CC1=O. The van der Waals surface area contributed by atoms with Crippen LogP contribution in [-0.4, -0.2) is 44.5 Å². The summed E-state index contributed by atoms with van der Waals surface area (Å²) in [4.78, 5) is 25.1. The fourth-order valence-corrected chi connectivity index (χ4v) is 2.86. The van der Waals surface area contributed by atoms with Crippen molar-refractivity contribution in [2.45, 2.75) is 18.8 Å². The number of nitrogens with zero attached hydrogens (tertiary/aromatic N) is 4. The predicted molar refractivity (Wildman–Crippen MR) is 78.2 cm³/mol. The highest BCUT2D eigenvalue weighted by Gasteiger charge is 2.32. The van der Waals surface area contributed by atoms with Gasteiger partial charge in [0.2, 0.25) is 11.8 Å². The monoisotopic (exact) mass is 297 g/mol. The van der Waals surface area contributed by atoms with Crippen LogP contribution in [0.15, 0.2) is 29.0 Å². The Morgan fingerprint density at radius 1 is 1.50 bits per heavy atom. The van der Waals surface area contributed by atoms with E-state index in [0.717, 1.165) is 16.6 Å². The van der Waals surface area contributed by atoms with Crippen molar-refractivity contribution in [3.8, 4) is 0 Å². The molecule has 1 amide bonds. The van der Waals surface area contributed by atoms with Gasteiger partial charge in [-0.15, -0.1) is 0 Å². The lowest BCUT2D eigenvalue weighted by Gasteiger charge is -2.05. The first-order chi connectivity index (χ1) is 10.7. The molecule has 112 valence electrons. The number of hydrogen-bond donors (Lipinski definition) is 1. The van der Waals surface area contributed by atoms with Crippen LogP contribution < -0.4 is 0 Å². The third-order valence-electron chi connectivity index (χ3n) is 4.06. The van der Waals surface area contributed by atoms with Gasteiger partial charge in [0.1, 0.15) is 5.65 Å². The molecule has 7 nitrogen and oxygen atoms in total. The molecule has 0 aliphatic carbocycles. The van der Waals surface area contributed by atoms with Crippen molar-refractivity contribution in [2.24, 2.45) is 0 Å². The molecule has 4 heterocycles. The summed E-state index contributed by atoms with van der Waals surface area (Å²) >= 11 is 0. The molecule has 0 spiro atoms. The Labute approximate surface area is 126 Å². The average Bonchev–Trinajstić information content (AvgIpc) is 3.21. The number of nitrogens with one attached hydrogen (secondary N) is 1. The molecule has 7 heteroatoms. The topological polar surface area (TPSA) is 87.9 Å². The standard InChI is InChI=1S/C15H15N5O2/c1-20-8-10(6-13(20)21)15-18-12(19-22-15)5-9-7-17-14-11(9)3-2-4-16-14/h2-4,7,10H,5-6,8H2,1H3,(H,16,17). The highest BCUT2D eigenvalue weighted by atomic mass is 16.5. The molecule has 0 bridgehead atoms. The van der Waals surface area contributed by atoms with E-state index in [1.165, 1.54) is 0 Å². The van der Waals surface area contributed by atoms with Crippen LogP contribution in [0, 0.1) is 0 Å². The molecule has 3 aromatic heterocycles. The van der Waals surface area contributed by atoms with Crippen LogP contribution in [-0.2, 0) is 11.2 Å². The van der Waals surface area contributed by atoms with Crippen LogP contribution in [0.3, 0.4) is 0 Å². The fourth-order valence-electron chi connectivity index (χ4n) is 2.86. The molecule has 22 heavy (non-hydrogen) atoms. The van der Waals surface area contributed by atoms with Crippen LogP contribution >= 0.6 is 0 Å². The van der Waals surface area contributed by atoms with E-state index in [2.05, 4.69) is 20.1 Å². The molecule has 0 saturated carbocycles. The summed E-state index contributed by atoms with van der Waals surface area (Å²) in [6.07, 6.45) is 4.68. The summed E-state index contributed by atoms with van der Waals surface area (Å²) < 4.78 is 5.34. The summed E-state index contributed by atoms with van der Waals surface area (Å²) in [6, 6.07) is 3.92. The Hall–Kier alpha value is -2.70. The van der Waals surface area contributed by atoms with E-state index in [1.807, 2.05) is 18.3 Å². The molecule has 1 atom stereocenters. The minimum atomic E-state index is 0.00313. The van der Waals surface area contributed by atoms with Gasteiger partial charge in [0.15, 0.2) is 5.82 Å². The average molecular weight is 297 g/mol. The summed E-state index contributed by atoms with van der Waals surface area (Å²) in [5, 5.41) is 5.10. The summed E-state index contributed by atoms with van der Waals surface area (Å²) in [6.45, 7) is 0.636. The number of rotatable bonds is 3. The number of carbonyl (C=O) groups is 1. The van der Waals surface area contributed by atoms with E-state index >= 15 is 0 Å². The highest BCUT2D eigenvalue weighted by molar-refractivity contribution is 5.80. The van der Waals surface area contributed by atoms with E-state index in [0.29, 0.717) is 31.1 Å². The molecule has 1 saturated heterocycles. The third-order valence-corrected chi connectivity index (χ3v) is 4.06. The van der Waals surface area contributed by atoms with Crippen molar-refractivity contribution in [2.75, 3.05) is 13.6 Å². The van der Waals surface area contributed by atoms with Gasteiger partial charge in [-0.1, -0.05) is 5.16 Å². The number of likely N-dealkylation sites (N-methyl/N-ethyl adjacent to an activating group) is 1. The summed E-state index contributed by atoms with van der Waals surface area (Å²) in [5.74, 6) is 1.29. The van der Waals surface area contributed by atoms with Gasteiger partial charge >= 0.3 is 0 Å². The van der Waals surface area contributed by atoms with E-state index in [9.17, 15) is 4.79 Å². The Kier molecular flexibility index (Phi) is 2.92. The Balaban J connectivity index is 1.56. The third kappa shape index (κ3) is 2.14. The van der Waals surface area contributed by atoms with Crippen LogP contribution in [0.4, 0.5) is 0 Å². The van der Waals surface area contributed by atoms with E-state index in [1.54, 1.807) is 18.1 Å². The van der Waals surface area contributed by atoms with E-state index < -0.39 is 0 Å². The maximum atomic E-state index is 11.6. The zero-order chi connectivity index (χ0) is 15.1. The molecule has 1 fully saturated rings. The largest absolute Gasteiger partial charge is 0.346 e. The minimum absolute atomic E-state index is 0.00313. The number of pyridine rings is 1. The molecule has 4 rings (SSSR count). The maximum Gasteiger partial charge on any atom is 0.232 e. The Bertz CT molecular complexity index is 837. The van der Waals surface area contributed by atoms with Crippen LogP contribution in [0.2, 0.25) is 0 Å². The van der Waals surface area contributed by atoms with Crippen molar-refractivity contribution in [3.05, 3.63) is 41.8 Å². The van der Waals surface area contributed by atoms with Gasteiger partial charge in [0.05, 0.1) is 5.92 Å². The van der Waals surface area contributed by atoms with Gasteiger partial charge in [0, 0.05) is 44.2 Å². The quantitative estimate of drug-likeness (QED) is 0.791. The molecule has 1 aliphatic rings. The zero-order valence-corrected chi connectivity index (χ0v) is 12.1. The first kappa shape index (κ1) is 13.0. The number of fused-ring (bicyclic) bond motifs is 1. The van der Waals surface area contributed by atoms with Gasteiger partial charge < -0.3 is 14.4 Å². The fraction of sp³-hybridized carbons (Fsp3) is 0.333. The summed E-state index contributed by atoms with van der Waals surface area (Å²) in [5.41, 5.74) is 1.93. The number of amides is 1. The zero-order valence-electron chi connectivity index (χ0n) is 12.1. The van der Waals surface area contributed by atoms with Crippen molar-refractivity contribution >= 4 is 16.9 Å². The first-order valence-electron chi connectivity index (χ1n) is 7.18.